The number of rotatable bonds is 7. The third-order valence-electron chi connectivity index (χ3n) is 8.40. The van der Waals surface area contributed by atoms with Gasteiger partial charge < -0.3 is 14.0 Å². The predicted octanol–water partition coefficient (Wildman–Crippen LogP) is 7.68. The molecule has 1 saturated heterocycles. The molecule has 1 aliphatic heterocycles. The van der Waals surface area contributed by atoms with Crippen molar-refractivity contribution in [2.24, 2.45) is 7.05 Å². The van der Waals surface area contributed by atoms with Gasteiger partial charge in [0, 0.05) is 31.1 Å². The van der Waals surface area contributed by atoms with Crippen LogP contribution < -0.4 is 4.74 Å². The second kappa shape index (κ2) is 11.4. The van der Waals surface area contributed by atoms with E-state index in [4.69, 9.17) is 24.5 Å². The quantitative estimate of drug-likeness (QED) is 0.131. The van der Waals surface area contributed by atoms with Crippen LogP contribution in [0.1, 0.15) is 49.1 Å². The molecule has 0 aliphatic carbocycles. The summed E-state index contributed by atoms with van der Waals surface area (Å²) in [5.41, 5.74) is 2.79. The minimum absolute atomic E-state index is 0.00697. The molecular weight excluding hydrogens is 603 g/mol. The van der Waals surface area contributed by atoms with Crippen molar-refractivity contribution in [1.82, 2.24) is 34.1 Å². The lowest BCUT2D eigenvalue weighted by Crippen LogP contribution is -2.19. The van der Waals surface area contributed by atoms with Gasteiger partial charge in [0.05, 0.1) is 22.8 Å². The molecule has 1 fully saturated rings. The number of fused-ring (bicyclic) bond motifs is 4. The van der Waals surface area contributed by atoms with Gasteiger partial charge in [-0.3, -0.25) is 4.68 Å². The van der Waals surface area contributed by atoms with Gasteiger partial charge in [-0.25, -0.2) is 9.67 Å². The van der Waals surface area contributed by atoms with Gasteiger partial charge in [-0.2, -0.15) is 28.4 Å². The molecule has 0 saturated carbocycles. The van der Waals surface area contributed by atoms with Crippen molar-refractivity contribution in [3.63, 3.8) is 0 Å². The van der Waals surface area contributed by atoms with Crippen LogP contribution in [-0.4, -0.2) is 47.0 Å². The van der Waals surface area contributed by atoms with E-state index in [2.05, 4.69) is 5.10 Å². The van der Waals surface area contributed by atoms with E-state index in [1.54, 1.807) is 27.0 Å². The molecule has 6 aromatic rings. The average Bonchev–Trinajstić information content (AvgIpc) is 3.72. The second-order valence-corrected chi connectivity index (χ2v) is 12.0. The van der Waals surface area contributed by atoms with Gasteiger partial charge in [0.15, 0.2) is 17.0 Å². The van der Waals surface area contributed by atoms with Gasteiger partial charge in [-0.05, 0) is 56.6 Å². The Balaban J connectivity index is 1.52. The summed E-state index contributed by atoms with van der Waals surface area (Å²) in [6, 6.07) is 11.3. The Morgan fingerprint density at radius 3 is 2.60 bits per heavy atom. The lowest BCUT2D eigenvalue weighted by atomic mass is 9.94. The second-order valence-electron chi connectivity index (χ2n) is 11.2. The molecule has 234 valence electrons. The van der Waals surface area contributed by atoms with E-state index >= 15 is 0 Å². The molecule has 0 radical (unpaired) electrons. The Bertz CT molecular complexity index is 2040. The van der Waals surface area contributed by atoms with Gasteiger partial charge in [0.25, 0.3) is 0 Å². The number of ether oxygens (including phenoxy) is 2. The Morgan fingerprint density at radius 1 is 1.11 bits per heavy atom. The van der Waals surface area contributed by atoms with Gasteiger partial charge >= 0.3 is 6.18 Å². The van der Waals surface area contributed by atoms with E-state index in [0.717, 1.165) is 24.8 Å². The van der Waals surface area contributed by atoms with Crippen molar-refractivity contribution < 1.29 is 22.6 Å². The first-order chi connectivity index (χ1) is 21.7. The minimum Gasteiger partial charge on any atom is -0.472 e. The Morgan fingerprint density at radius 2 is 1.91 bits per heavy atom. The van der Waals surface area contributed by atoms with Crippen molar-refractivity contribution in [3.05, 3.63) is 59.3 Å². The summed E-state index contributed by atoms with van der Waals surface area (Å²) in [4.78, 5) is 9.48. The van der Waals surface area contributed by atoms with Gasteiger partial charge in [-0.15, -0.1) is 0 Å². The molecule has 1 atom stereocenters. The molecule has 7 rings (SSSR count). The summed E-state index contributed by atoms with van der Waals surface area (Å²) < 4.78 is 62.4. The Kier molecular flexibility index (Phi) is 7.47. The standard InChI is InChI=1S/C32H32F3N7O2S/c1-5-41-27-24-29(37-31(45-4)38-30(24)44-17-19-11-7-6-8-12-19)40(3)28(27)26(39-41)23-20-16-36-42(22-13-9-10-14-43-22)21(20)15-18(2)25(23)32(33,34)35/h6-8,11-12,15-16,22H,5,9-10,13-14,17H2,1-4H3. The van der Waals surface area contributed by atoms with Crippen LogP contribution in [0.3, 0.4) is 0 Å². The highest BCUT2D eigenvalue weighted by atomic mass is 32.2. The largest absolute Gasteiger partial charge is 0.472 e. The van der Waals surface area contributed by atoms with Crippen molar-refractivity contribution in [2.45, 2.75) is 63.8 Å². The van der Waals surface area contributed by atoms with E-state index in [9.17, 15) is 13.2 Å². The fraction of sp³-hybridized carbons (Fsp3) is 0.375. The maximum atomic E-state index is 15.0. The maximum Gasteiger partial charge on any atom is 0.417 e. The molecule has 4 aromatic heterocycles. The van der Waals surface area contributed by atoms with Crippen LogP contribution in [0.5, 0.6) is 5.88 Å². The molecule has 13 heteroatoms. The molecule has 45 heavy (non-hydrogen) atoms. The average molecular weight is 636 g/mol. The Hall–Kier alpha value is -4.10. The molecule has 0 N–H and O–H groups in total. The highest BCUT2D eigenvalue weighted by Gasteiger charge is 2.39. The zero-order valence-corrected chi connectivity index (χ0v) is 26.2. The summed E-state index contributed by atoms with van der Waals surface area (Å²) in [5.74, 6) is 0.354. The first-order valence-corrected chi connectivity index (χ1v) is 16.1. The van der Waals surface area contributed by atoms with Crippen LogP contribution in [0.15, 0.2) is 47.8 Å². The Labute approximate surface area is 261 Å². The summed E-state index contributed by atoms with van der Waals surface area (Å²) in [5, 5.41) is 10.9. The van der Waals surface area contributed by atoms with Crippen LogP contribution in [-0.2, 0) is 31.1 Å². The van der Waals surface area contributed by atoms with E-state index in [1.165, 1.54) is 24.9 Å². The molecule has 5 heterocycles. The maximum absolute atomic E-state index is 15.0. The molecular formula is C32H32F3N7O2S. The van der Waals surface area contributed by atoms with Crippen molar-refractivity contribution in [2.75, 3.05) is 12.9 Å². The molecule has 1 aliphatic rings. The fourth-order valence-corrected chi connectivity index (χ4v) is 6.73. The van der Waals surface area contributed by atoms with E-state index in [1.807, 2.05) is 43.5 Å². The third-order valence-corrected chi connectivity index (χ3v) is 8.95. The van der Waals surface area contributed by atoms with Crippen molar-refractivity contribution in [1.29, 1.82) is 0 Å². The van der Waals surface area contributed by atoms with Crippen LogP contribution in [0.25, 0.3) is 44.2 Å². The van der Waals surface area contributed by atoms with Crippen molar-refractivity contribution in [3.8, 4) is 17.1 Å². The topological polar surface area (TPSA) is 84.8 Å². The van der Waals surface area contributed by atoms with Crippen molar-refractivity contribution >= 4 is 44.7 Å². The molecule has 1 unspecified atom stereocenters. The third kappa shape index (κ3) is 4.92. The van der Waals surface area contributed by atoms with Crippen LogP contribution >= 0.6 is 11.8 Å². The minimum atomic E-state index is -4.64. The molecule has 0 amide bonds. The lowest BCUT2D eigenvalue weighted by Gasteiger charge is -2.24. The predicted molar refractivity (Wildman–Crippen MR) is 167 cm³/mol. The number of hydrogen-bond donors (Lipinski definition) is 0. The number of alkyl halides is 3. The fourth-order valence-electron chi connectivity index (χ4n) is 6.38. The first-order valence-electron chi connectivity index (χ1n) is 14.9. The number of benzene rings is 2. The van der Waals surface area contributed by atoms with Crippen LogP contribution in [0.4, 0.5) is 13.2 Å². The van der Waals surface area contributed by atoms with E-state index in [-0.39, 0.29) is 29.7 Å². The highest BCUT2D eigenvalue weighted by Crippen LogP contribution is 2.47. The molecule has 0 spiro atoms. The van der Waals surface area contributed by atoms with E-state index < -0.39 is 11.7 Å². The molecule has 0 bridgehead atoms. The van der Waals surface area contributed by atoms with Gasteiger partial charge in [0.2, 0.25) is 5.88 Å². The first kappa shape index (κ1) is 29.6. The number of aryl methyl sites for hydroxylation is 3. The number of aromatic nitrogens is 7. The van der Waals surface area contributed by atoms with Crippen LogP contribution in [0.2, 0.25) is 0 Å². The summed E-state index contributed by atoms with van der Waals surface area (Å²) in [7, 11) is 1.80. The van der Waals surface area contributed by atoms with Crippen LogP contribution in [0, 0.1) is 6.92 Å². The van der Waals surface area contributed by atoms with Gasteiger partial charge in [-0.1, -0.05) is 42.1 Å². The molecule has 2 aromatic carbocycles. The zero-order chi connectivity index (χ0) is 31.5. The molecule has 9 nitrogen and oxygen atoms in total. The zero-order valence-electron chi connectivity index (χ0n) is 25.4. The van der Waals surface area contributed by atoms with E-state index in [0.29, 0.717) is 57.2 Å². The SMILES string of the molecule is CCn1nc(-c2c(C(F)(F)F)c(C)cc3c2cnn3C2CCCCO2)c2c1c1c(OCc3ccccc3)nc(SC)nc1n2C. The summed E-state index contributed by atoms with van der Waals surface area (Å²) in [6.45, 7) is 4.66. The lowest BCUT2D eigenvalue weighted by molar-refractivity contribution is -0.137. The highest BCUT2D eigenvalue weighted by molar-refractivity contribution is 7.98. The summed E-state index contributed by atoms with van der Waals surface area (Å²) in [6.07, 6.45) is 1.06. The number of hydrogen-bond acceptors (Lipinski definition) is 7. The normalized spacial score (nSPS) is 15.9. The van der Waals surface area contributed by atoms with Gasteiger partial charge in [0.1, 0.15) is 23.2 Å². The number of halogens is 3. The smallest absolute Gasteiger partial charge is 0.417 e. The number of thioether (sulfide) groups is 1. The monoisotopic (exact) mass is 635 g/mol. The number of nitrogens with zero attached hydrogens (tertiary/aromatic N) is 7. The summed E-state index contributed by atoms with van der Waals surface area (Å²) >= 11 is 1.37.